The second-order valence-corrected chi connectivity index (χ2v) is 9.83. The number of amides is 1. The molecular weight excluding hydrogens is 436 g/mol. The van der Waals surface area contributed by atoms with Gasteiger partial charge in [-0.3, -0.25) is 4.79 Å². The van der Waals surface area contributed by atoms with Crippen LogP contribution in [0.5, 0.6) is 5.75 Å². The number of hydrogen-bond acceptors (Lipinski definition) is 5. The van der Waals surface area contributed by atoms with Gasteiger partial charge in [0, 0.05) is 21.9 Å². The zero-order valence-corrected chi connectivity index (χ0v) is 20.3. The third kappa shape index (κ3) is 4.59. The first-order valence-electron chi connectivity index (χ1n) is 10.9. The SMILES string of the molecule is CC[C@H](NC(=O)OC(C)(C)C)c1ccc(-c2c(OC)ccc3[nH]c(=O)c4sccc4c23)cc1. The lowest BCUT2D eigenvalue weighted by molar-refractivity contribution is 0.0502. The number of H-pyrrole nitrogens is 1. The van der Waals surface area contributed by atoms with Gasteiger partial charge in [0.15, 0.2) is 0 Å². The van der Waals surface area contributed by atoms with E-state index in [9.17, 15) is 9.59 Å². The van der Waals surface area contributed by atoms with Crippen LogP contribution in [0, 0.1) is 0 Å². The first-order chi connectivity index (χ1) is 15.7. The molecule has 0 saturated carbocycles. The van der Waals surface area contributed by atoms with Crippen molar-refractivity contribution in [3.05, 3.63) is 63.8 Å². The lowest BCUT2D eigenvalue weighted by Gasteiger charge is -2.23. The number of carbonyl (C=O) groups excluding carboxylic acids is 1. The van der Waals surface area contributed by atoms with Crippen molar-refractivity contribution in [2.45, 2.75) is 45.8 Å². The summed E-state index contributed by atoms with van der Waals surface area (Å²) < 4.78 is 11.8. The minimum absolute atomic E-state index is 0.0852. The van der Waals surface area contributed by atoms with Gasteiger partial charge >= 0.3 is 6.09 Å². The second kappa shape index (κ2) is 8.90. The quantitative estimate of drug-likeness (QED) is 0.358. The fourth-order valence-corrected chi connectivity index (χ4v) is 4.83. The molecule has 172 valence electrons. The number of pyridine rings is 1. The Bertz CT molecular complexity index is 1360. The van der Waals surface area contributed by atoms with Crippen LogP contribution in [-0.4, -0.2) is 23.8 Å². The van der Waals surface area contributed by atoms with Crippen molar-refractivity contribution in [3.63, 3.8) is 0 Å². The zero-order valence-electron chi connectivity index (χ0n) is 19.4. The summed E-state index contributed by atoms with van der Waals surface area (Å²) in [6, 6.07) is 13.6. The first-order valence-corrected chi connectivity index (χ1v) is 11.8. The number of hydrogen-bond donors (Lipinski definition) is 2. The lowest BCUT2D eigenvalue weighted by atomic mass is 9.95. The maximum absolute atomic E-state index is 12.5. The van der Waals surface area contributed by atoms with Crippen molar-refractivity contribution in [2.24, 2.45) is 0 Å². The molecule has 2 N–H and O–H groups in total. The Labute approximate surface area is 196 Å². The van der Waals surface area contributed by atoms with Crippen LogP contribution in [-0.2, 0) is 4.74 Å². The molecular formula is C26H28N2O4S. The Kier molecular flexibility index (Phi) is 6.17. The summed E-state index contributed by atoms with van der Waals surface area (Å²) in [5, 5.41) is 6.75. The molecule has 1 atom stereocenters. The van der Waals surface area contributed by atoms with Crippen LogP contribution in [0.1, 0.15) is 45.7 Å². The van der Waals surface area contributed by atoms with Crippen molar-refractivity contribution in [1.82, 2.24) is 10.3 Å². The monoisotopic (exact) mass is 464 g/mol. The van der Waals surface area contributed by atoms with E-state index in [0.717, 1.165) is 45.1 Å². The number of benzene rings is 2. The maximum Gasteiger partial charge on any atom is 0.408 e. The zero-order chi connectivity index (χ0) is 23.8. The molecule has 0 unspecified atom stereocenters. The molecule has 0 saturated heterocycles. The van der Waals surface area contributed by atoms with E-state index in [1.165, 1.54) is 11.3 Å². The van der Waals surface area contributed by atoms with E-state index in [1.54, 1.807) is 7.11 Å². The Morgan fingerprint density at radius 2 is 1.85 bits per heavy atom. The van der Waals surface area contributed by atoms with Gasteiger partial charge in [-0.15, -0.1) is 11.3 Å². The molecule has 0 aliphatic heterocycles. The van der Waals surface area contributed by atoms with Gasteiger partial charge in [-0.05, 0) is 61.9 Å². The van der Waals surface area contributed by atoms with Gasteiger partial charge in [-0.2, -0.15) is 0 Å². The second-order valence-electron chi connectivity index (χ2n) is 8.91. The third-order valence-electron chi connectivity index (χ3n) is 5.48. The molecule has 0 aliphatic carbocycles. The highest BCUT2D eigenvalue weighted by Gasteiger charge is 2.21. The highest BCUT2D eigenvalue weighted by molar-refractivity contribution is 7.17. The van der Waals surface area contributed by atoms with Crippen LogP contribution in [0.2, 0.25) is 0 Å². The number of ether oxygens (including phenoxy) is 2. The summed E-state index contributed by atoms with van der Waals surface area (Å²) >= 11 is 1.43. The van der Waals surface area contributed by atoms with Gasteiger partial charge in [0.05, 0.1) is 13.2 Å². The van der Waals surface area contributed by atoms with E-state index >= 15 is 0 Å². The lowest BCUT2D eigenvalue weighted by Crippen LogP contribution is -2.34. The summed E-state index contributed by atoms with van der Waals surface area (Å²) in [6.07, 6.45) is 0.297. The van der Waals surface area contributed by atoms with Crippen LogP contribution >= 0.6 is 11.3 Å². The summed E-state index contributed by atoms with van der Waals surface area (Å²) in [5.41, 5.74) is 3.01. The van der Waals surface area contributed by atoms with Crippen molar-refractivity contribution < 1.29 is 14.3 Å². The molecule has 7 heteroatoms. The molecule has 2 aromatic carbocycles. The number of aromatic amines is 1. The average molecular weight is 465 g/mol. The number of thiophene rings is 1. The highest BCUT2D eigenvalue weighted by atomic mass is 32.1. The van der Waals surface area contributed by atoms with Crippen molar-refractivity contribution in [3.8, 4) is 16.9 Å². The van der Waals surface area contributed by atoms with Crippen LogP contribution in [0.25, 0.3) is 32.1 Å². The Morgan fingerprint density at radius 3 is 2.48 bits per heavy atom. The maximum atomic E-state index is 12.5. The number of rotatable bonds is 5. The van der Waals surface area contributed by atoms with Gasteiger partial charge < -0.3 is 19.8 Å². The van der Waals surface area contributed by atoms with Crippen LogP contribution in [0.15, 0.2) is 52.6 Å². The van der Waals surface area contributed by atoms with Gasteiger partial charge in [0.25, 0.3) is 5.56 Å². The molecule has 4 rings (SSSR count). The summed E-state index contributed by atoms with van der Waals surface area (Å²) in [4.78, 5) is 27.7. The van der Waals surface area contributed by atoms with Crippen molar-refractivity contribution in [1.29, 1.82) is 0 Å². The summed E-state index contributed by atoms with van der Waals surface area (Å²) in [7, 11) is 1.65. The fraction of sp³-hybridized carbons (Fsp3) is 0.308. The van der Waals surface area contributed by atoms with Crippen LogP contribution in [0.3, 0.4) is 0 Å². The smallest absolute Gasteiger partial charge is 0.408 e. The third-order valence-corrected chi connectivity index (χ3v) is 6.39. The molecule has 0 fully saturated rings. The van der Waals surface area contributed by atoms with E-state index in [0.29, 0.717) is 4.70 Å². The molecule has 4 aromatic rings. The summed E-state index contributed by atoms with van der Waals surface area (Å²) in [6.45, 7) is 7.56. The molecule has 2 heterocycles. The largest absolute Gasteiger partial charge is 0.496 e. The number of carbonyl (C=O) groups is 1. The molecule has 0 bridgehead atoms. The molecule has 33 heavy (non-hydrogen) atoms. The molecule has 0 aliphatic rings. The van der Waals surface area contributed by atoms with Gasteiger partial charge in [0.1, 0.15) is 16.1 Å². The molecule has 6 nitrogen and oxygen atoms in total. The Balaban J connectivity index is 1.76. The van der Waals surface area contributed by atoms with E-state index in [2.05, 4.69) is 10.3 Å². The number of fused-ring (bicyclic) bond motifs is 3. The van der Waals surface area contributed by atoms with Crippen LogP contribution in [0.4, 0.5) is 4.79 Å². The standard InChI is InChI=1S/C26H28N2O4S/c1-6-18(28-25(30)32-26(2,3)4)15-7-9-16(10-8-15)21-20(31-5)12-11-19-22(21)17-13-14-33-23(17)24(29)27-19/h7-14,18H,6H2,1-5H3,(H,27,29)(H,28,30)/t18-/m0/s1. The molecule has 2 aromatic heterocycles. The average Bonchev–Trinajstić information content (AvgIpc) is 3.26. The van der Waals surface area contributed by atoms with Gasteiger partial charge in [-0.25, -0.2) is 4.79 Å². The van der Waals surface area contributed by atoms with Crippen molar-refractivity contribution in [2.75, 3.05) is 7.11 Å². The first kappa shape index (κ1) is 22.9. The Morgan fingerprint density at radius 1 is 1.12 bits per heavy atom. The van der Waals surface area contributed by atoms with E-state index in [-0.39, 0.29) is 11.6 Å². The van der Waals surface area contributed by atoms with E-state index in [1.807, 2.05) is 75.5 Å². The number of alkyl carbamates (subject to hydrolysis) is 1. The van der Waals surface area contributed by atoms with Crippen LogP contribution < -0.4 is 15.6 Å². The minimum Gasteiger partial charge on any atom is -0.496 e. The van der Waals surface area contributed by atoms with Crippen molar-refractivity contribution >= 4 is 38.4 Å². The van der Waals surface area contributed by atoms with E-state index in [4.69, 9.17) is 9.47 Å². The summed E-state index contributed by atoms with van der Waals surface area (Å²) in [5.74, 6) is 0.730. The highest BCUT2D eigenvalue weighted by Crippen LogP contribution is 2.40. The minimum atomic E-state index is -0.550. The topological polar surface area (TPSA) is 80.4 Å². The predicted octanol–water partition coefficient (Wildman–Crippen LogP) is 6.39. The fourth-order valence-electron chi connectivity index (χ4n) is 4.04. The van der Waals surface area contributed by atoms with Gasteiger partial charge in [0.2, 0.25) is 0 Å². The number of methoxy groups -OCH3 is 1. The normalized spacial score (nSPS) is 12.6. The molecule has 0 radical (unpaired) electrons. The molecule has 1 amide bonds. The molecule has 0 spiro atoms. The van der Waals surface area contributed by atoms with Gasteiger partial charge in [-0.1, -0.05) is 31.2 Å². The number of nitrogens with one attached hydrogen (secondary N) is 2. The Hall–Kier alpha value is -3.32. The predicted molar refractivity (Wildman–Crippen MR) is 134 cm³/mol. The number of aromatic nitrogens is 1. The van der Waals surface area contributed by atoms with E-state index < -0.39 is 11.7 Å².